The van der Waals surface area contributed by atoms with E-state index in [1.165, 1.54) is 5.56 Å². The number of hydrogen-bond donors (Lipinski definition) is 2. The maximum absolute atomic E-state index is 5.95. The molecule has 1 aromatic carbocycles. The van der Waals surface area contributed by atoms with Crippen LogP contribution in [-0.4, -0.2) is 29.8 Å². The summed E-state index contributed by atoms with van der Waals surface area (Å²) in [7, 11) is 0. The van der Waals surface area contributed by atoms with Gasteiger partial charge in [-0.3, -0.25) is 9.98 Å². The van der Waals surface area contributed by atoms with Crippen LogP contribution in [0.15, 0.2) is 51.8 Å². The molecule has 2 heterocycles. The second kappa shape index (κ2) is 7.47. The van der Waals surface area contributed by atoms with Gasteiger partial charge in [0.2, 0.25) is 0 Å². The number of thiophene rings is 1. The van der Waals surface area contributed by atoms with Crippen molar-refractivity contribution in [1.29, 1.82) is 0 Å². The highest BCUT2D eigenvalue weighted by atomic mass is 32.2. The largest absolute Gasteiger partial charge is 0.383 e. The molecule has 0 spiro atoms. The SMILES string of the molecule is NC(=NCCc1ccc(NC2=NCCS2)cc1)c1cccs1. The molecular formula is C16H18N4S2. The lowest BCUT2D eigenvalue weighted by Gasteiger charge is -2.06. The minimum Gasteiger partial charge on any atom is -0.383 e. The van der Waals surface area contributed by atoms with Gasteiger partial charge in [-0.1, -0.05) is 30.0 Å². The highest BCUT2D eigenvalue weighted by Crippen LogP contribution is 2.16. The van der Waals surface area contributed by atoms with Gasteiger partial charge in [0, 0.05) is 18.0 Å². The van der Waals surface area contributed by atoms with Crippen LogP contribution in [0.25, 0.3) is 0 Å². The summed E-state index contributed by atoms with van der Waals surface area (Å²) < 4.78 is 0. The summed E-state index contributed by atoms with van der Waals surface area (Å²) in [5, 5.41) is 6.35. The molecule has 4 nitrogen and oxygen atoms in total. The van der Waals surface area contributed by atoms with E-state index in [1.807, 2.05) is 17.5 Å². The Balaban J connectivity index is 1.51. The third-order valence-corrected chi connectivity index (χ3v) is 5.03. The van der Waals surface area contributed by atoms with Crippen LogP contribution in [0.1, 0.15) is 10.4 Å². The Hall–Kier alpha value is -1.79. The molecule has 0 fully saturated rings. The molecule has 22 heavy (non-hydrogen) atoms. The first-order valence-corrected chi connectivity index (χ1v) is 9.05. The van der Waals surface area contributed by atoms with Crippen LogP contribution in [0.2, 0.25) is 0 Å². The molecule has 2 aromatic rings. The third kappa shape index (κ3) is 4.11. The first kappa shape index (κ1) is 15.1. The predicted molar refractivity (Wildman–Crippen MR) is 98.4 cm³/mol. The maximum atomic E-state index is 5.95. The van der Waals surface area contributed by atoms with E-state index in [2.05, 4.69) is 39.6 Å². The number of anilines is 1. The Kier molecular flexibility index (Phi) is 5.13. The van der Waals surface area contributed by atoms with Crippen LogP contribution in [-0.2, 0) is 6.42 Å². The molecule has 0 unspecified atom stereocenters. The molecule has 1 aliphatic rings. The van der Waals surface area contributed by atoms with Gasteiger partial charge in [0.1, 0.15) is 5.84 Å². The molecule has 0 radical (unpaired) electrons. The number of amidine groups is 2. The second-order valence-corrected chi connectivity index (χ2v) is 6.88. The number of rotatable bonds is 5. The first-order chi connectivity index (χ1) is 10.8. The summed E-state index contributed by atoms with van der Waals surface area (Å²) in [5.41, 5.74) is 8.29. The molecule has 0 bridgehead atoms. The van der Waals surface area contributed by atoms with Crippen LogP contribution in [0.3, 0.4) is 0 Å². The fourth-order valence-corrected chi connectivity index (χ4v) is 3.49. The Morgan fingerprint density at radius 1 is 1.27 bits per heavy atom. The molecule has 114 valence electrons. The molecule has 1 aliphatic heterocycles. The number of benzene rings is 1. The number of thioether (sulfide) groups is 1. The zero-order chi connectivity index (χ0) is 15.2. The van der Waals surface area contributed by atoms with Gasteiger partial charge in [0.05, 0.1) is 11.4 Å². The third-order valence-electron chi connectivity index (χ3n) is 3.25. The fraction of sp³-hybridized carbons (Fsp3) is 0.250. The molecule has 0 saturated heterocycles. The van der Waals surface area contributed by atoms with Gasteiger partial charge in [0.15, 0.2) is 5.17 Å². The number of hydrogen-bond acceptors (Lipinski definition) is 5. The van der Waals surface area contributed by atoms with Crippen molar-refractivity contribution in [3.63, 3.8) is 0 Å². The number of nitrogens with one attached hydrogen (secondary N) is 1. The van der Waals surface area contributed by atoms with E-state index in [0.717, 1.165) is 34.5 Å². The lowest BCUT2D eigenvalue weighted by Crippen LogP contribution is -2.12. The minimum atomic E-state index is 0.629. The lowest BCUT2D eigenvalue weighted by atomic mass is 10.1. The van der Waals surface area contributed by atoms with Crippen LogP contribution in [0.5, 0.6) is 0 Å². The van der Waals surface area contributed by atoms with Crippen molar-refractivity contribution < 1.29 is 0 Å². The number of nitrogens with zero attached hydrogens (tertiary/aromatic N) is 2. The first-order valence-electron chi connectivity index (χ1n) is 7.18. The molecular weight excluding hydrogens is 312 g/mol. The summed E-state index contributed by atoms with van der Waals surface area (Å²) in [6.45, 7) is 1.62. The summed E-state index contributed by atoms with van der Waals surface area (Å²) in [4.78, 5) is 9.86. The summed E-state index contributed by atoms with van der Waals surface area (Å²) in [5.74, 6) is 1.70. The van der Waals surface area contributed by atoms with Crippen molar-refractivity contribution >= 4 is 39.8 Å². The van der Waals surface area contributed by atoms with Crippen molar-refractivity contribution in [2.24, 2.45) is 15.7 Å². The van der Waals surface area contributed by atoms with Crippen molar-refractivity contribution in [1.82, 2.24) is 0 Å². The lowest BCUT2D eigenvalue weighted by molar-refractivity contribution is 0.967. The number of nitrogens with two attached hydrogens (primary N) is 1. The summed E-state index contributed by atoms with van der Waals surface area (Å²) in [6.07, 6.45) is 0.891. The van der Waals surface area contributed by atoms with Crippen molar-refractivity contribution in [3.05, 3.63) is 52.2 Å². The highest BCUT2D eigenvalue weighted by molar-refractivity contribution is 8.14. The van der Waals surface area contributed by atoms with Crippen molar-refractivity contribution in [3.8, 4) is 0 Å². The van der Waals surface area contributed by atoms with Crippen LogP contribution in [0, 0.1) is 0 Å². The van der Waals surface area contributed by atoms with Gasteiger partial charge < -0.3 is 11.1 Å². The molecule has 0 aliphatic carbocycles. The monoisotopic (exact) mass is 330 g/mol. The predicted octanol–water partition coefficient (Wildman–Crippen LogP) is 3.21. The van der Waals surface area contributed by atoms with E-state index >= 15 is 0 Å². The molecule has 1 aromatic heterocycles. The second-order valence-electron chi connectivity index (χ2n) is 4.85. The maximum Gasteiger partial charge on any atom is 0.161 e. The van der Waals surface area contributed by atoms with Crippen LogP contribution in [0.4, 0.5) is 5.69 Å². The fourth-order valence-electron chi connectivity index (χ4n) is 2.10. The molecule has 3 N–H and O–H groups in total. The van der Waals surface area contributed by atoms with Gasteiger partial charge >= 0.3 is 0 Å². The molecule has 6 heteroatoms. The van der Waals surface area contributed by atoms with E-state index in [9.17, 15) is 0 Å². The van der Waals surface area contributed by atoms with Gasteiger partial charge in [-0.15, -0.1) is 11.3 Å². The Labute approximate surface area is 138 Å². The Morgan fingerprint density at radius 2 is 2.14 bits per heavy atom. The van der Waals surface area contributed by atoms with E-state index in [4.69, 9.17) is 5.73 Å². The van der Waals surface area contributed by atoms with E-state index < -0.39 is 0 Å². The zero-order valence-corrected chi connectivity index (χ0v) is 13.8. The van der Waals surface area contributed by atoms with Gasteiger partial charge in [-0.2, -0.15) is 0 Å². The normalized spacial score (nSPS) is 14.9. The zero-order valence-electron chi connectivity index (χ0n) is 12.2. The van der Waals surface area contributed by atoms with Crippen LogP contribution < -0.4 is 11.1 Å². The quantitative estimate of drug-likeness (QED) is 0.653. The van der Waals surface area contributed by atoms with Crippen molar-refractivity contribution in [2.75, 3.05) is 24.2 Å². The topological polar surface area (TPSA) is 62.8 Å². The average molecular weight is 330 g/mol. The van der Waals surface area contributed by atoms with Gasteiger partial charge in [-0.05, 0) is 35.6 Å². The highest BCUT2D eigenvalue weighted by Gasteiger charge is 2.06. The molecule has 0 amide bonds. The van der Waals surface area contributed by atoms with Gasteiger partial charge in [0.25, 0.3) is 0 Å². The van der Waals surface area contributed by atoms with Crippen LogP contribution >= 0.6 is 23.1 Å². The Morgan fingerprint density at radius 3 is 2.82 bits per heavy atom. The van der Waals surface area contributed by atoms with E-state index in [1.54, 1.807) is 23.1 Å². The number of aliphatic imine (C=N–C) groups is 2. The average Bonchev–Trinajstić information content (AvgIpc) is 3.22. The Bertz CT molecular complexity index is 660. The molecule has 3 rings (SSSR count). The minimum absolute atomic E-state index is 0.629. The van der Waals surface area contributed by atoms with E-state index in [0.29, 0.717) is 12.4 Å². The standard InChI is InChI=1S/C16H18N4S2/c17-15(14-2-1-10-21-14)18-8-7-12-3-5-13(6-4-12)20-16-19-9-11-22-16/h1-6,10H,7-9,11H2,(H2,17,18)(H,19,20). The summed E-state index contributed by atoms with van der Waals surface area (Å²) >= 11 is 3.38. The molecule has 0 saturated carbocycles. The molecule has 0 atom stereocenters. The van der Waals surface area contributed by atoms with Gasteiger partial charge in [-0.25, -0.2) is 0 Å². The summed E-state index contributed by atoms with van der Waals surface area (Å²) in [6, 6.07) is 12.4. The smallest absolute Gasteiger partial charge is 0.161 e. The van der Waals surface area contributed by atoms with E-state index in [-0.39, 0.29) is 0 Å². The van der Waals surface area contributed by atoms with Crippen molar-refractivity contribution in [2.45, 2.75) is 6.42 Å².